The van der Waals surface area contributed by atoms with E-state index in [1.807, 2.05) is 61.5 Å². The number of ether oxygens (including phenoxy) is 1. The van der Waals surface area contributed by atoms with Crippen LogP contribution < -0.4 is 10.1 Å². The zero-order chi connectivity index (χ0) is 17.6. The minimum Gasteiger partial charge on any atom is -0.497 e. The summed E-state index contributed by atoms with van der Waals surface area (Å²) in [5.41, 5.74) is 2.23. The number of benzene rings is 2. The van der Waals surface area contributed by atoms with Crippen molar-refractivity contribution in [3.63, 3.8) is 0 Å². The molecule has 0 spiro atoms. The second-order valence-corrected chi connectivity index (χ2v) is 5.62. The number of carbonyl (C=O) groups excluding carboxylic acids is 1. The summed E-state index contributed by atoms with van der Waals surface area (Å²) in [4.78, 5) is 12.6. The fourth-order valence-corrected chi connectivity index (χ4v) is 2.59. The van der Waals surface area contributed by atoms with Crippen LogP contribution >= 0.6 is 0 Å². The molecule has 0 unspecified atom stereocenters. The largest absolute Gasteiger partial charge is 0.497 e. The Kier molecular flexibility index (Phi) is 5.14. The average molecular weight is 336 g/mol. The summed E-state index contributed by atoms with van der Waals surface area (Å²) in [6.45, 7) is 1.95. The van der Waals surface area contributed by atoms with Gasteiger partial charge in [0.25, 0.3) is 5.91 Å². The lowest BCUT2D eigenvalue weighted by Gasteiger charge is -2.19. The summed E-state index contributed by atoms with van der Waals surface area (Å²) < 4.78 is 10.3. The Morgan fingerprint density at radius 2 is 1.80 bits per heavy atom. The maximum Gasteiger partial charge on any atom is 0.274 e. The molecule has 3 aromatic rings. The van der Waals surface area contributed by atoms with Gasteiger partial charge >= 0.3 is 0 Å². The van der Waals surface area contributed by atoms with Crippen LogP contribution in [0.2, 0.25) is 0 Å². The Morgan fingerprint density at radius 1 is 1.12 bits per heavy atom. The lowest BCUT2D eigenvalue weighted by Crippen LogP contribution is -2.29. The second-order valence-electron chi connectivity index (χ2n) is 5.62. The Balaban J connectivity index is 1.89. The third-order valence-corrected chi connectivity index (χ3v) is 4.00. The summed E-state index contributed by atoms with van der Waals surface area (Å²) in [6, 6.07) is 18.8. The van der Waals surface area contributed by atoms with E-state index in [9.17, 15) is 4.79 Å². The van der Waals surface area contributed by atoms with Gasteiger partial charge in [-0.1, -0.05) is 54.5 Å². The molecule has 1 atom stereocenters. The maximum absolute atomic E-state index is 12.6. The summed E-state index contributed by atoms with van der Waals surface area (Å²) in [7, 11) is 1.63. The SMILES string of the molecule is CCc1cc(C(=O)N[C@@H](c2ccccc2)c2ccc(OC)cc2)no1. The summed E-state index contributed by atoms with van der Waals surface area (Å²) in [5, 5.41) is 6.89. The van der Waals surface area contributed by atoms with Gasteiger partial charge in [-0.3, -0.25) is 4.79 Å². The molecule has 0 bridgehead atoms. The quantitative estimate of drug-likeness (QED) is 0.744. The minimum absolute atomic E-state index is 0.270. The molecule has 2 aromatic carbocycles. The van der Waals surface area contributed by atoms with Crippen molar-refractivity contribution < 1.29 is 14.1 Å². The molecule has 0 fully saturated rings. The van der Waals surface area contributed by atoms with E-state index in [4.69, 9.17) is 9.26 Å². The van der Waals surface area contributed by atoms with E-state index >= 15 is 0 Å². The summed E-state index contributed by atoms with van der Waals surface area (Å²) >= 11 is 0. The van der Waals surface area contributed by atoms with Crippen LogP contribution in [0.1, 0.15) is 40.3 Å². The van der Waals surface area contributed by atoms with E-state index in [1.165, 1.54) is 0 Å². The van der Waals surface area contributed by atoms with Crippen molar-refractivity contribution in [1.29, 1.82) is 0 Å². The number of hydrogen-bond donors (Lipinski definition) is 1. The Morgan fingerprint density at radius 3 is 2.40 bits per heavy atom. The Hall–Kier alpha value is -3.08. The van der Waals surface area contributed by atoms with Crippen LogP contribution in [0.5, 0.6) is 5.75 Å². The molecular formula is C20H20N2O3. The van der Waals surface area contributed by atoms with Crippen molar-refractivity contribution in [3.8, 4) is 5.75 Å². The molecule has 0 aliphatic rings. The van der Waals surface area contributed by atoms with Crippen molar-refractivity contribution in [1.82, 2.24) is 10.5 Å². The van der Waals surface area contributed by atoms with Gasteiger partial charge in [-0.2, -0.15) is 0 Å². The lowest BCUT2D eigenvalue weighted by atomic mass is 9.98. The smallest absolute Gasteiger partial charge is 0.274 e. The predicted octanol–water partition coefficient (Wildman–Crippen LogP) is 3.77. The van der Waals surface area contributed by atoms with Crippen LogP contribution in [0.3, 0.4) is 0 Å². The molecule has 0 radical (unpaired) electrons. The number of aryl methyl sites for hydroxylation is 1. The van der Waals surface area contributed by atoms with Gasteiger partial charge in [-0.05, 0) is 23.3 Å². The van der Waals surface area contributed by atoms with E-state index in [0.717, 1.165) is 16.9 Å². The van der Waals surface area contributed by atoms with Crippen LogP contribution in [0.25, 0.3) is 0 Å². The number of aromatic nitrogens is 1. The monoisotopic (exact) mass is 336 g/mol. The van der Waals surface area contributed by atoms with Crippen molar-refractivity contribution in [2.45, 2.75) is 19.4 Å². The number of rotatable bonds is 6. The van der Waals surface area contributed by atoms with Gasteiger partial charge in [-0.15, -0.1) is 0 Å². The summed E-state index contributed by atoms with van der Waals surface area (Å²) in [6.07, 6.45) is 0.695. The summed E-state index contributed by atoms with van der Waals surface area (Å²) in [5.74, 6) is 1.19. The first-order chi connectivity index (χ1) is 12.2. The molecule has 0 saturated carbocycles. The molecule has 0 aliphatic carbocycles. The number of methoxy groups -OCH3 is 1. The lowest BCUT2D eigenvalue weighted by molar-refractivity contribution is 0.0933. The van der Waals surface area contributed by atoms with Gasteiger partial charge in [0.2, 0.25) is 0 Å². The number of carbonyl (C=O) groups is 1. The number of amides is 1. The van der Waals surface area contributed by atoms with E-state index in [0.29, 0.717) is 12.2 Å². The minimum atomic E-state index is -0.290. The highest BCUT2D eigenvalue weighted by atomic mass is 16.5. The Bertz CT molecular complexity index is 826. The normalized spacial score (nSPS) is 11.8. The van der Waals surface area contributed by atoms with Gasteiger partial charge in [0.15, 0.2) is 5.69 Å². The highest BCUT2D eigenvalue weighted by Crippen LogP contribution is 2.24. The van der Waals surface area contributed by atoms with Crippen molar-refractivity contribution in [3.05, 3.63) is 83.2 Å². The van der Waals surface area contributed by atoms with Crippen molar-refractivity contribution >= 4 is 5.91 Å². The van der Waals surface area contributed by atoms with Gasteiger partial charge in [0.05, 0.1) is 13.2 Å². The van der Waals surface area contributed by atoms with E-state index < -0.39 is 0 Å². The van der Waals surface area contributed by atoms with Crippen LogP contribution in [-0.2, 0) is 6.42 Å². The topological polar surface area (TPSA) is 64.4 Å². The molecule has 5 heteroatoms. The van der Waals surface area contributed by atoms with E-state index in [1.54, 1.807) is 13.2 Å². The van der Waals surface area contributed by atoms with Gasteiger partial charge < -0.3 is 14.6 Å². The maximum atomic E-state index is 12.6. The van der Waals surface area contributed by atoms with E-state index in [2.05, 4.69) is 10.5 Å². The zero-order valence-electron chi connectivity index (χ0n) is 14.2. The highest BCUT2D eigenvalue weighted by molar-refractivity contribution is 5.92. The zero-order valence-corrected chi connectivity index (χ0v) is 14.2. The first-order valence-electron chi connectivity index (χ1n) is 8.16. The molecule has 0 saturated heterocycles. The Labute approximate surface area is 146 Å². The van der Waals surface area contributed by atoms with Crippen LogP contribution in [-0.4, -0.2) is 18.2 Å². The molecule has 1 amide bonds. The predicted molar refractivity (Wildman–Crippen MR) is 94.6 cm³/mol. The number of nitrogens with zero attached hydrogens (tertiary/aromatic N) is 1. The van der Waals surface area contributed by atoms with Crippen LogP contribution in [0, 0.1) is 0 Å². The van der Waals surface area contributed by atoms with Crippen molar-refractivity contribution in [2.24, 2.45) is 0 Å². The van der Waals surface area contributed by atoms with Gasteiger partial charge in [0.1, 0.15) is 11.5 Å². The molecule has 1 aromatic heterocycles. The molecule has 3 rings (SSSR count). The fraction of sp³-hybridized carbons (Fsp3) is 0.200. The average Bonchev–Trinajstić information content (AvgIpc) is 3.16. The van der Waals surface area contributed by atoms with Crippen LogP contribution in [0.4, 0.5) is 0 Å². The molecule has 25 heavy (non-hydrogen) atoms. The number of nitrogens with one attached hydrogen (secondary N) is 1. The first kappa shape index (κ1) is 16.8. The van der Waals surface area contributed by atoms with Crippen LogP contribution in [0.15, 0.2) is 65.2 Å². The van der Waals surface area contributed by atoms with Crippen molar-refractivity contribution in [2.75, 3.05) is 7.11 Å². The van der Waals surface area contributed by atoms with E-state index in [-0.39, 0.29) is 17.6 Å². The third kappa shape index (κ3) is 3.88. The molecule has 1 N–H and O–H groups in total. The fourth-order valence-electron chi connectivity index (χ4n) is 2.59. The highest BCUT2D eigenvalue weighted by Gasteiger charge is 2.20. The number of hydrogen-bond acceptors (Lipinski definition) is 4. The molecule has 128 valence electrons. The third-order valence-electron chi connectivity index (χ3n) is 4.00. The standard InChI is InChI=1S/C20H20N2O3/c1-3-16-13-18(22-25-16)20(23)21-19(14-7-5-4-6-8-14)15-9-11-17(24-2)12-10-15/h4-13,19H,3H2,1-2H3,(H,21,23)/t19-/m0/s1. The molecule has 5 nitrogen and oxygen atoms in total. The first-order valence-corrected chi connectivity index (χ1v) is 8.16. The molecule has 0 aliphatic heterocycles. The second kappa shape index (κ2) is 7.66. The molecule has 1 heterocycles. The van der Waals surface area contributed by atoms with Gasteiger partial charge in [-0.25, -0.2) is 0 Å². The molecular weight excluding hydrogens is 316 g/mol. The van der Waals surface area contributed by atoms with Gasteiger partial charge in [0, 0.05) is 12.5 Å².